The van der Waals surface area contributed by atoms with E-state index in [1.807, 2.05) is 36.4 Å². The lowest BCUT2D eigenvalue weighted by Gasteiger charge is -2.30. The van der Waals surface area contributed by atoms with Crippen LogP contribution in [0.5, 0.6) is 0 Å². The fourth-order valence-corrected chi connectivity index (χ4v) is 5.21. The average molecular weight is 494 g/mol. The van der Waals surface area contributed by atoms with E-state index in [1.165, 1.54) is 30.7 Å². The molecule has 3 aromatic carbocycles. The Morgan fingerprint density at radius 1 is 0.765 bits per heavy atom. The molecule has 1 aliphatic rings. The second-order valence-electron chi connectivity index (χ2n) is 8.16. The van der Waals surface area contributed by atoms with Crippen LogP contribution < -0.4 is 14.9 Å². The summed E-state index contributed by atoms with van der Waals surface area (Å²) in [5.41, 5.74) is 3.16. The number of para-hydroxylation sites is 4. The first-order valence-corrected chi connectivity index (χ1v) is 13.0. The Labute approximate surface area is 203 Å². The minimum Gasteiger partial charge on any atom is -0.370 e. The second kappa shape index (κ2) is 9.48. The number of nitrogens with one attached hydrogen (secondary N) is 2. The molecule has 0 atom stereocenters. The van der Waals surface area contributed by atoms with Crippen LogP contribution in [0.1, 0.15) is 19.3 Å². The van der Waals surface area contributed by atoms with Crippen molar-refractivity contribution < 1.29 is 8.42 Å². The summed E-state index contributed by atoms with van der Waals surface area (Å²) in [6, 6.07) is 21.3. The minimum atomic E-state index is -3.91. The van der Waals surface area contributed by atoms with Gasteiger partial charge in [0.1, 0.15) is 0 Å². The van der Waals surface area contributed by atoms with Gasteiger partial charge in [-0.2, -0.15) is 0 Å². The first-order valence-electron chi connectivity index (χ1n) is 11.2. The van der Waals surface area contributed by atoms with Gasteiger partial charge in [-0.25, -0.2) is 18.4 Å². The third-order valence-electron chi connectivity index (χ3n) is 5.78. The lowest BCUT2D eigenvalue weighted by Crippen LogP contribution is -2.29. The highest BCUT2D eigenvalue weighted by Gasteiger charge is 2.21. The topological polar surface area (TPSA) is 87.2 Å². The normalized spacial score (nSPS) is 14.2. The predicted molar refractivity (Wildman–Crippen MR) is 138 cm³/mol. The van der Waals surface area contributed by atoms with Gasteiger partial charge in [0, 0.05) is 18.1 Å². The van der Waals surface area contributed by atoms with Crippen molar-refractivity contribution in [2.45, 2.75) is 24.2 Å². The standard InChI is InChI=1S/C25H24ClN5O2S/c26-18-12-14-19(15-13-18)34(32,33)30-25-24(27-20-8-2-3-9-21(20)28-25)29-22-10-4-5-11-23(22)31-16-6-1-7-17-31/h2-5,8-15H,1,6-7,16-17H2,(H,27,29)(H,28,30). The van der Waals surface area contributed by atoms with Gasteiger partial charge in [-0.3, -0.25) is 4.72 Å². The van der Waals surface area contributed by atoms with Crippen molar-refractivity contribution in [3.05, 3.63) is 77.8 Å². The van der Waals surface area contributed by atoms with Gasteiger partial charge in [0.05, 0.1) is 27.3 Å². The van der Waals surface area contributed by atoms with Crippen LogP contribution in [0.4, 0.5) is 23.0 Å². The number of nitrogens with zero attached hydrogens (tertiary/aromatic N) is 3. The van der Waals surface area contributed by atoms with E-state index in [9.17, 15) is 8.42 Å². The molecular formula is C25H24ClN5O2S. The van der Waals surface area contributed by atoms with Gasteiger partial charge in [-0.15, -0.1) is 0 Å². The summed E-state index contributed by atoms with van der Waals surface area (Å²) in [6.45, 7) is 1.97. The van der Waals surface area contributed by atoms with E-state index in [0.29, 0.717) is 21.9 Å². The van der Waals surface area contributed by atoms with E-state index in [-0.39, 0.29) is 10.7 Å². The average Bonchev–Trinajstić information content (AvgIpc) is 2.85. The van der Waals surface area contributed by atoms with Gasteiger partial charge >= 0.3 is 0 Å². The molecule has 0 spiro atoms. The van der Waals surface area contributed by atoms with E-state index >= 15 is 0 Å². The quantitative estimate of drug-likeness (QED) is 0.352. The number of fused-ring (bicyclic) bond motifs is 1. The molecule has 9 heteroatoms. The van der Waals surface area contributed by atoms with Crippen molar-refractivity contribution in [1.82, 2.24) is 9.97 Å². The Kier molecular flexibility index (Phi) is 6.26. The Hall–Kier alpha value is -3.36. The smallest absolute Gasteiger partial charge is 0.263 e. The van der Waals surface area contributed by atoms with Crippen LogP contribution in [0.15, 0.2) is 77.7 Å². The lowest BCUT2D eigenvalue weighted by molar-refractivity contribution is 0.578. The summed E-state index contributed by atoms with van der Waals surface area (Å²) < 4.78 is 28.8. The van der Waals surface area contributed by atoms with Crippen molar-refractivity contribution in [3.63, 3.8) is 0 Å². The Bertz CT molecular complexity index is 1420. The summed E-state index contributed by atoms with van der Waals surface area (Å²) in [4.78, 5) is 11.7. The van der Waals surface area contributed by atoms with E-state index in [4.69, 9.17) is 16.6 Å². The number of piperidine rings is 1. The van der Waals surface area contributed by atoms with Gasteiger partial charge in [0.15, 0.2) is 11.6 Å². The fourth-order valence-electron chi connectivity index (χ4n) is 4.08. The van der Waals surface area contributed by atoms with Gasteiger partial charge in [-0.1, -0.05) is 35.9 Å². The number of hydrogen-bond donors (Lipinski definition) is 2. The molecule has 0 bridgehead atoms. The van der Waals surface area contributed by atoms with Crippen LogP contribution in [0, 0.1) is 0 Å². The van der Waals surface area contributed by atoms with E-state index < -0.39 is 10.0 Å². The minimum absolute atomic E-state index is 0.0894. The molecular weight excluding hydrogens is 470 g/mol. The Morgan fingerprint density at radius 3 is 2.09 bits per heavy atom. The molecule has 0 aliphatic carbocycles. The van der Waals surface area contributed by atoms with Crippen LogP contribution in [-0.2, 0) is 10.0 Å². The summed E-state index contributed by atoms with van der Waals surface area (Å²) in [5, 5.41) is 3.81. The van der Waals surface area contributed by atoms with Crippen molar-refractivity contribution in [2.24, 2.45) is 0 Å². The first kappa shape index (κ1) is 22.4. The van der Waals surface area contributed by atoms with Crippen molar-refractivity contribution in [3.8, 4) is 0 Å². The summed E-state index contributed by atoms with van der Waals surface area (Å²) in [6.07, 6.45) is 3.53. The Balaban J connectivity index is 1.55. The second-order valence-corrected chi connectivity index (χ2v) is 10.3. The molecule has 1 aliphatic heterocycles. The maximum atomic E-state index is 13.1. The molecule has 7 nitrogen and oxygen atoms in total. The van der Waals surface area contributed by atoms with Gasteiger partial charge in [-0.05, 0) is 67.8 Å². The van der Waals surface area contributed by atoms with Crippen molar-refractivity contribution in [1.29, 1.82) is 0 Å². The van der Waals surface area contributed by atoms with Crippen molar-refractivity contribution in [2.75, 3.05) is 28.0 Å². The molecule has 0 radical (unpaired) electrons. The zero-order valence-corrected chi connectivity index (χ0v) is 20.0. The summed E-state index contributed by atoms with van der Waals surface area (Å²) >= 11 is 5.93. The number of hydrogen-bond acceptors (Lipinski definition) is 6. The molecule has 5 rings (SSSR count). The fraction of sp³-hybridized carbons (Fsp3) is 0.200. The zero-order valence-electron chi connectivity index (χ0n) is 18.4. The van der Waals surface area contributed by atoms with Crippen LogP contribution in [-0.4, -0.2) is 31.5 Å². The third kappa shape index (κ3) is 4.78. The lowest BCUT2D eigenvalue weighted by atomic mass is 10.1. The molecule has 1 aromatic heterocycles. The Morgan fingerprint density at radius 2 is 1.38 bits per heavy atom. The maximum absolute atomic E-state index is 13.1. The molecule has 34 heavy (non-hydrogen) atoms. The maximum Gasteiger partial charge on any atom is 0.263 e. The highest BCUT2D eigenvalue weighted by molar-refractivity contribution is 7.92. The molecule has 2 N–H and O–H groups in total. The van der Waals surface area contributed by atoms with Gasteiger partial charge in [0.2, 0.25) is 0 Å². The molecule has 0 saturated carbocycles. The highest BCUT2D eigenvalue weighted by atomic mass is 35.5. The SMILES string of the molecule is O=S(=O)(Nc1nc2ccccc2nc1Nc1ccccc1N1CCCCC1)c1ccc(Cl)cc1. The van der Waals surface area contributed by atoms with E-state index in [1.54, 1.807) is 6.07 Å². The van der Waals surface area contributed by atoms with Crippen LogP contribution in [0.2, 0.25) is 5.02 Å². The molecule has 1 fully saturated rings. The zero-order chi connectivity index (χ0) is 23.5. The largest absolute Gasteiger partial charge is 0.370 e. The molecule has 0 amide bonds. The monoisotopic (exact) mass is 493 g/mol. The summed E-state index contributed by atoms with van der Waals surface area (Å²) in [5.74, 6) is 0.461. The van der Waals surface area contributed by atoms with Crippen LogP contribution in [0.25, 0.3) is 11.0 Å². The molecule has 0 unspecified atom stereocenters. The number of sulfonamides is 1. The number of aromatic nitrogens is 2. The summed E-state index contributed by atoms with van der Waals surface area (Å²) in [7, 11) is -3.91. The number of benzene rings is 3. The van der Waals surface area contributed by atoms with E-state index in [0.717, 1.165) is 37.3 Å². The van der Waals surface area contributed by atoms with Gasteiger partial charge < -0.3 is 10.2 Å². The molecule has 174 valence electrons. The molecule has 2 heterocycles. The molecule has 1 saturated heterocycles. The number of rotatable bonds is 6. The number of halogens is 1. The highest BCUT2D eigenvalue weighted by Crippen LogP contribution is 2.33. The van der Waals surface area contributed by atoms with Gasteiger partial charge in [0.25, 0.3) is 10.0 Å². The van der Waals surface area contributed by atoms with Crippen molar-refractivity contribution >= 4 is 55.7 Å². The van der Waals surface area contributed by atoms with E-state index in [2.05, 4.69) is 26.0 Å². The first-order chi connectivity index (χ1) is 16.5. The van der Waals surface area contributed by atoms with Crippen LogP contribution in [0.3, 0.4) is 0 Å². The molecule has 4 aromatic rings. The predicted octanol–water partition coefficient (Wildman–Crippen LogP) is 5.82. The number of anilines is 4. The third-order valence-corrected chi connectivity index (χ3v) is 7.39. The van der Waals surface area contributed by atoms with Crippen LogP contribution >= 0.6 is 11.6 Å².